The predicted molar refractivity (Wildman–Crippen MR) is 125 cm³/mol. The molecular weight excluding hydrogens is 388 g/mol. The van der Waals surface area contributed by atoms with E-state index in [9.17, 15) is 4.79 Å². The van der Waals surface area contributed by atoms with E-state index >= 15 is 0 Å². The van der Waals surface area contributed by atoms with Crippen molar-refractivity contribution < 1.29 is 4.79 Å². The predicted octanol–water partition coefficient (Wildman–Crippen LogP) is 3.84. The maximum absolute atomic E-state index is 12.6. The van der Waals surface area contributed by atoms with Crippen LogP contribution in [-0.4, -0.2) is 54.0 Å². The molecular formula is C24H28N6O. The highest BCUT2D eigenvalue weighted by atomic mass is 16.1. The van der Waals surface area contributed by atoms with Gasteiger partial charge >= 0.3 is 0 Å². The number of likely N-dealkylation sites (N-methyl/N-ethyl adjacent to an activating group) is 1. The number of para-hydroxylation sites is 1. The Hall–Kier alpha value is -3.45. The summed E-state index contributed by atoms with van der Waals surface area (Å²) in [6.07, 6.45) is 3.08. The molecule has 0 spiro atoms. The second-order valence-corrected chi connectivity index (χ2v) is 7.98. The van der Waals surface area contributed by atoms with Crippen LogP contribution in [0.2, 0.25) is 0 Å². The minimum Gasteiger partial charge on any atom is -0.369 e. The summed E-state index contributed by atoms with van der Waals surface area (Å²) in [5.74, 6) is 0.233. The molecule has 7 nitrogen and oxygen atoms in total. The van der Waals surface area contributed by atoms with Crippen LogP contribution in [0.25, 0.3) is 0 Å². The van der Waals surface area contributed by atoms with Crippen molar-refractivity contribution in [3.8, 4) is 0 Å². The minimum absolute atomic E-state index is 0.222. The number of nitrogens with zero attached hydrogens (tertiary/aromatic N) is 4. The van der Waals surface area contributed by atoms with Crippen molar-refractivity contribution in [2.24, 2.45) is 0 Å². The van der Waals surface area contributed by atoms with Crippen LogP contribution in [0.5, 0.6) is 0 Å². The second-order valence-electron chi connectivity index (χ2n) is 7.98. The first kappa shape index (κ1) is 20.8. The van der Waals surface area contributed by atoms with Gasteiger partial charge in [0.2, 0.25) is 5.95 Å². The van der Waals surface area contributed by atoms with Crippen LogP contribution in [0, 0.1) is 13.8 Å². The first-order valence-electron chi connectivity index (χ1n) is 10.5. The molecule has 3 aromatic rings. The molecule has 0 atom stereocenters. The third kappa shape index (κ3) is 5.00. The molecule has 2 N–H and O–H groups in total. The molecule has 0 saturated carbocycles. The monoisotopic (exact) mass is 416 g/mol. The highest BCUT2D eigenvalue weighted by Crippen LogP contribution is 2.22. The van der Waals surface area contributed by atoms with Gasteiger partial charge in [0.05, 0.1) is 5.56 Å². The Morgan fingerprint density at radius 3 is 2.13 bits per heavy atom. The van der Waals surface area contributed by atoms with Crippen LogP contribution >= 0.6 is 0 Å². The number of rotatable bonds is 5. The number of aryl methyl sites for hydroxylation is 2. The number of hydrogen-bond donors (Lipinski definition) is 2. The summed E-state index contributed by atoms with van der Waals surface area (Å²) in [6, 6.07) is 14.2. The fourth-order valence-corrected chi connectivity index (χ4v) is 3.66. The number of aromatic nitrogens is 2. The molecule has 160 valence electrons. The van der Waals surface area contributed by atoms with Crippen LogP contribution < -0.4 is 15.5 Å². The van der Waals surface area contributed by atoms with E-state index < -0.39 is 0 Å². The highest BCUT2D eigenvalue weighted by molar-refractivity contribution is 6.04. The summed E-state index contributed by atoms with van der Waals surface area (Å²) >= 11 is 0. The van der Waals surface area contributed by atoms with Gasteiger partial charge in [-0.1, -0.05) is 18.2 Å². The van der Waals surface area contributed by atoms with Gasteiger partial charge in [-0.25, -0.2) is 9.97 Å². The largest absolute Gasteiger partial charge is 0.369 e. The second kappa shape index (κ2) is 9.14. The molecule has 1 aromatic heterocycles. The molecule has 0 aliphatic carbocycles. The van der Waals surface area contributed by atoms with Crippen molar-refractivity contribution in [3.63, 3.8) is 0 Å². The van der Waals surface area contributed by atoms with Gasteiger partial charge in [0.25, 0.3) is 5.91 Å². The average molecular weight is 417 g/mol. The first-order chi connectivity index (χ1) is 15.0. The van der Waals surface area contributed by atoms with Crippen LogP contribution in [-0.2, 0) is 0 Å². The highest BCUT2D eigenvalue weighted by Gasteiger charge is 2.14. The van der Waals surface area contributed by atoms with Gasteiger partial charge in [0.1, 0.15) is 0 Å². The van der Waals surface area contributed by atoms with E-state index in [-0.39, 0.29) is 5.91 Å². The molecule has 1 fully saturated rings. The maximum atomic E-state index is 12.6. The SMILES string of the molecule is Cc1cccc(C)c1NC(=O)c1cnc(Nc2ccc(N3CCN(C)CC3)cc2)nc1. The quantitative estimate of drug-likeness (QED) is 0.658. The Labute approximate surface area is 183 Å². The third-order valence-corrected chi connectivity index (χ3v) is 5.63. The lowest BCUT2D eigenvalue weighted by molar-refractivity contribution is 0.102. The molecule has 1 amide bonds. The standard InChI is InChI=1S/C24H28N6O/c1-17-5-4-6-18(2)22(17)28-23(31)19-15-25-24(26-16-19)27-20-7-9-21(10-8-20)30-13-11-29(3)12-14-30/h4-10,15-16H,11-14H2,1-3H3,(H,28,31)(H,25,26,27). The lowest BCUT2D eigenvalue weighted by Crippen LogP contribution is -2.44. The lowest BCUT2D eigenvalue weighted by atomic mass is 10.1. The van der Waals surface area contributed by atoms with E-state index in [0.29, 0.717) is 11.5 Å². The van der Waals surface area contributed by atoms with Crippen LogP contribution in [0.1, 0.15) is 21.5 Å². The molecule has 0 bridgehead atoms. The van der Waals surface area contributed by atoms with Crippen LogP contribution in [0.3, 0.4) is 0 Å². The first-order valence-corrected chi connectivity index (χ1v) is 10.5. The molecule has 1 saturated heterocycles. The number of piperazine rings is 1. The molecule has 2 heterocycles. The number of benzene rings is 2. The third-order valence-electron chi connectivity index (χ3n) is 5.63. The average Bonchev–Trinajstić information content (AvgIpc) is 2.78. The van der Waals surface area contributed by atoms with Gasteiger partial charge in [-0.15, -0.1) is 0 Å². The number of carbonyl (C=O) groups excluding carboxylic acids is 1. The van der Waals surface area contributed by atoms with E-state index in [1.807, 2.05) is 44.2 Å². The molecule has 7 heteroatoms. The molecule has 31 heavy (non-hydrogen) atoms. The van der Waals surface area contributed by atoms with Gasteiger partial charge in [-0.2, -0.15) is 0 Å². The van der Waals surface area contributed by atoms with Crippen molar-refractivity contribution in [2.75, 3.05) is 48.8 Å². The summed E-state index contributed by atoms with van der Waals surface area (Å²) in [5.41, 5.74) is 5.41. The zero-order valence-electron chi connectivity index (χ0n) is 18.2. The maximum Gasteiger partial charge on any atom is 0.258 e. The summed E-state index contributed by atoms with van der Waals surface area (Å²) in [4.78, 5) is 25.9. The van der Waals surface area contributed by atoms with E-state index in [0.717, 1.165) is 48.7 Å². The van der Waals surface area contributed by atoms with E-state index in [2.05, 4.69) is 49.6 Å². The number of nitrogens with one attached hydrogen (secondary N) is 2. The zero-order valence-corrected chi connectivity index (χ0v) is 18.2. The molecule has 0 radical (unpaired) electrons. The Bertz CT molecular complexity index is 1020. The molecule has 1 aliphatic heterocycles. The number of hydrogen-bond acceptors (Lipinski definition) is 6. The molecule has 1 aliphatic rings. The fraction of sp³-hybridized carbons (Fsp3) is 0.292. The Morgan fingerprint density at radius 2 is 1.52 bits per heavy atom. The summed E-state index contributed by atoms with van der Waals surface area (Å²) in [5, 5.41) is 6.15. The molecule has 4 rings (SSSR count). The van der Waals surface area contributed by atoms with E-state index in [4.69, 9.17) is 0 Å². The van der Waals surface area contributed by atoms with Gasteiger partial charge in [0, 0.05) is 55.6 Å². The summed E-state index contributed by atoms with van der Waals surface area (Å²) in [7, 11) is 2.16. The van der Waals surface area contributed by atoms with Crippen LogP contribution in [0.4, 0.5) is 23.0 Å². The molecule has 0 unspecified atom stereocenters. The lowest BCUT2D eigenvalue weighted by Gasteiger charge is -2.34. The molecule has 2 aromatic carbocycles. The number of amides is 1. The van der Waals surface area contributed by atoms with Gasteiger partial charge in [-0.3, -0.25) is 4.79 Å². The Morgan fingerprint density at radius 1 is 0.903 bits per heavy atom. The van der Waals surface area contributed by atoms with Crippen molar-refractivity contribution in [2.45, 2.75) is 13.8 Å². The van der Waals surface area contributed by atoms with E-state index in [1.165, 1.54) is 18.1 Å². The zero-order chi connectivity index (χ0) is 21.8. The normalized spacial score (nSPS) is 14.4. The van der Waals surface area contributed by atoms with Gasteiger partial charge in [0.15, 0.2) is 0 Å². The van der Waals surface area contributed by atoms with Gasteiger partial charge < -0.3 is 20.4 Å². The number of carbonyl (C=O) groups is 1. The van der Waals surface area contributed by atoms with Crippen molar-refractivity contribution in [1.82, 2.24) is 14.9 Å². The Balaban J connectivity index is 1.37. The van der Waals surface area contributed by atoms with Crippen LogP contribution in [0.15, 0.2) is 54.9 Å². The van der Waals surface area contributed by atoms with Gasteiger partial charge in [-0.05, 0) is 56.3 Å². The fourth-order valence-electron chi connectivity index (χ4n) is 3.66. The van der Waals surface area contributed by atoms with Crippen molar-refractivity contribution >= 4 is 28.9 Å². The summed E-state index contributed by atoms with van der Waals surface area (Å²) < 4.78 is 0. The smallest absolute Gasteiger partial charge is 0.258 e. The summed E-state index contributed by atoms with van der Waals surface area (Å²) in [6.45, 7) is 8.19. The number of anilines is 4. The van der Waals surface area contributed by atoms with Crippen molar-refractivity contribution in [1.29, 1.82) is 0 Å². The van der Waals surface area contributed by atoms with E-state index in [1.54, 1.807) is 0 Å². The Kier molecular flexibility index (Phi) is 6.13. The topological polar surface area (TPSA) is 73.4 Å². The van der Waals surface area contributed by atoms with Crippen molar-refractivity contribution in [3.05, 3.63) is 71.5 Å². The minimum atomic E-state index is -0.222.